The van der Waals surface area contributed by atoms with Gasteiger partial charge in [0.05, 0.1) is 10.5 Å². The zero-order chi connectivity index (χ0) is 13.8. The number of rotatable bonds is 4. The molecular weight excluding hydrogens is 312 g/mol. The molecule has 0 aromatic heterocycles. The van der Waals surface area contributed by atoms with Gasteiger partial charge in [-0.3, -0.25) is 0 Å². The molecule has 0 aliphatic carbocycles. The van der Waals surface area contributed by atoms with Gasteiger partial charge in [0.25, 0.3) is 0 Å². The van der Waals surface area contributed by atoms with Crippen molar-refractivity contribution in [3.8, 4) is 0 Å². The maximum absolute atomic E-state index is 14.2. The van der Waals surface area contributed by atoms with E-state index in [1.54, 1.807) is 36.4 Å². The molecule has 0 saturated carbocycles. The average Bonchev–Trinajstić information content (AvgIpc) is 2.41. The first kappa shape index (κ1) is 14.2. The maximum atomic E-state index is 14.2. The van der Waals surface area contributed by atoms with Gasteiger partial charge in [0.1, 0.15) is 11.6 Å². The van der Waals surface area contributed by atoms with Crippen LogP contribution < -0.4 is 5.32 Å². The predicted octanol–water partition coefficient (Wildman–Crippen LogP) is 4.43. The summed E-state index contributed by atoms with van der Waals surface area (Å²) in [5.74, 6) is -0.704. The third-order valence-corrected chi connectivity index (χ3v) is 3.53. The van der Waals surface area contributed by atoms with E-state index in [1.165, 1.54) is 6.07 Å². The minimum atomic E-state index is -0.497. The van der Waals surface area contributed by atoms with Crippen molar-refractivity contribution in [1.82, 2.24) is 5.32 Å². The van der Waals surface area contributed by atoms with Crippen molar-refractivity contribution in [3.05, 3.63) is 69.7 Å². The van der Waals surface area contributed by atoms with Crippen molar-refractivity contribution in [1.29, 1.82) is 0 Å². The summed E-state index contributed by atoms with van der Waals surface area (Å²) < 4.78 is 28.5. The fraction of sp³-hybridized carbons (Fsp3) is 0.200. The Hall–Kier alpha value is -1.26. The van der Waals surface area contributed by atoms with Crippen molar-refractivity contribution in [3.63, 3.8) is 0 Å². The van der Waals surface area contributed by atoms with Crippen LogP contribution >= 0.6 is 15.9 Å². The molecule has 1 nitrogen and oxygen atoms in total. The molecule has 0 spiro atoms. The Labute approximate surface area is 119 Å². The SMILES string of the molecule is CCNC(c1ccccc1F)c1cccc(Br)c1F. The molecule has 0 radical (unpaired) electrons. The normalized spacial score (nSPS) is 12.4. The number of hydrogen-bond acceptors (Lipinski definition) is 1. The van der Waals surface area contributed by atoms with Crippen molar-refractivity contribution >= 4 is 15.9 Å². The van der Waals surface area contributed by atoms with E-state index in [0.29, 0.717) is 22.1 Å². The Morgan fingerprint density at radius 2 is 1.74 bits per heavy atom. The first-order valence-electron chi connectivity index (χ1n) is 6.06. The van der Waals surface area contributed by atoms with E-state index in [-0.39, 0.29) is 11.6 Å². The van der Waals surface area contributed by atoms with Crippen LogP contribution in [0.5, 0.6) is 0 Å². The number of benzene rings is 2. The highest BCUT2D eigenvalue weighted by atomic mass is 79.9. The van der Waals surface area contributed by atoms with E-state index < -0.39 is 6.04 Å². The summed E-state index contributed by atoms with van der Waals surface area (Å²) in [6.45, 7) is 2.52. The summed E-state index contributed by atoms with van der Waals surface area (Å²) in [7, 11) is 0. The molecule has 2 aromatic rings. The quantitative estimate of drug-likeness (QED) is 0.877. The molecule has 19 heavy (non-hydrogen) atoms. The van der Waals surface area contributed by atoms with E-state index in [0.717, 1.165) is 0 Å². The lowest BCUT2D eigenvalue weighted by Gasteiger charge is -2.20. The van der Waals surface area contributed by atoms with Crippen LogP contribution in [-0.4, -0.2) is 6.54 Å². The molecular formula is C15H14BrF2N. The van der Waals surface area contributed by atoms with Gasteiger partial charge >= 0.3 is 0 Å². The van der Waals surface area contributed by atoms with Gasteiger partial charge in [-0.1, -0.05) is 37.3 Å². The van der Waals surface area contributed by atoms with E-state index in [9.17, 15) is 8.78 Å². The van der Waals surface area contributed by atoms with Gasteiger partial charge in [-0.15, -0.1) is 0 Å². The van der Waals surface area contributed by atoms with Gasteiger partial charge < -0.3 is 5.32 Å². The molecule has 0 heterocycles. The van der Waals surface area contributed by atoms with Gasteiger partial charge in [0.2, 0.25) is 0 Å². The molecule has 0 aliphatic heterocycles. The number of hydrogen-bond donors (Lipinski definition) is 1. The Bertz CT molecular complexity index is 572. The van der Waals surface area contributed by atoms with Crippen molar-refractivity contribution in [2.75, 3.05) is 6.54 Å². The van der Waals surface area contributed by atoms with Gasteiger partial charge in [0, 0.05) is 11.1 Å². The smallest absolute Gasteiger partial charge is 0.142 e. The molecule has 2 rings (SSSR count). The molecule has 2 aromatic carbocycles. The second-order valence-electron chi connectivity index (χ2n) is 4.16. The van der Waals surface area contributed by atoms with Crippen LogP contribution in [0, 0.1) is 11.6 Å². The molecule has 0 aliphatic rings. The van der Waals surface area contributed by atoms with Gasteiger partial charge in [-0.25, -0.2) is 8.78 Å². The summed E-state index contributed by atoms with van der Waals surface area (Å²) in [6.07, 6.45) is 0. The standard InChI is InChI=1S/C15H14BrF2N/c1-2-19-15(10-6-3-4-9-13(10)17)11-7-5-8-12(16)14(11)18/h3-9,15,19H,2H2,1H3. The maximum Gasteiger partial charge on any atom is 0.142 e. The molecule has 4 heteroatoms. The molecule has 1 unspecified atom stereocenters. The van der Waals surface area contributed by atoms with Crippen LogP contribution in [0.4, 0.5) is 8.78 Å². The molecule has 0 saturated heterocycles. The fourth-order valence-corrected chi connectivity index (χ4v) is 2.43. The van der Waals surface area contributed by atoms with E-state index in [1.807, 2.05) is 6.92 Å². The summed E-state index contributed by atoms with van der Waals surface area (Å²) in [6, 6.07) is 11.0. The Morgan fingerprint density at radius 3 is 2.42 bits per heavy atom. The highest BCUT2D eigenvalue weighted by molar-refractivity contribution is 9.10. The van der Waals surface area contributed by atoms with Crippen LogP contribution in [0.1, 0.15) is 24.1 Å². The van der Waals surface area contributed by atoms with Crippen molar-refractivity contribution < 1.29 is 8.78 Å². The Kier molecular flexibility index (Phi) is 4.66. The first-order valence-corrected chi connectivity index (χ1v) is 6.86. The van der Waals surface area contributed by atoms with Crippen LogP contribution in [0.3, 0.4) is 0 Å². The lowest BCUT2D eigenvalue weighted by Crippen LogP contribution is -2.24. The number of nitrogens with one attached hydrogen (secondary N) is 1. The van der Waals surface area contributed by atoms with Crippen molar-refractivity contribution in [2.24, 2.45) is 0 Å². The van der Waals surface area contributed by atoms with Gasteiger partial charge in [-0.05, 0) is 34.6 Å². The monoisotopic (exact) mass is 325 g/mol. The molecule has 0 bridgehead atoms. The van der Waals surface area contributed by atoms with Crippen molar-refractivity contribution in [2.45, 2.75) is 13.0 Å². The summed E-state index contributed by atoms with van der Waals surface area (Å²) in [4.78, 5) is 0. The molecule has 1 atom stereocenters. The lowest BCUT2D eigenvalue weighted by molar-refractivity contribution is 0.528. The summed E-state index contributed by atoms with van der Waals surface area (Å²) in [5.41, 5.74) is 0.877. The molecule has 0 fully saturated rings. The van der Waals surface area contributed by atoms with E-state index >= 15 is 0 Å². The third kappa shape index (κ3) is 3.01. The van der Waals surface area contributed by atoms with Gasteiger partial charge in [0.15, 0.2) is 0 Å². The topological polar surface area (TPSA) is 12.0 Å². The van der Waals surface area contributed by atoms with Crippen LogP contribution in [0.15, 0.2) is 46.9 Å². The minimum Gasteiger partial charge on any atom is -0.306 e. The summed E-state index contributed by atoms with van der Waals surface area (Å²) in [5, 5.41) is 3.12. The zero-order valence-electron chi connectivity index (χ0n) is 10.5. The molecule has 1 N–H and O–H groups in total. The minimum absolute atomic E-state index is 0.340. The van der Waals surface area contributed by atoms with Crippen LogP contribution in [0.2, 0.25) is 0 Å². The highest BCUT2D eigenvalue weighted by Crippen LogP contribution is 2.29. The summed E-state index contributed by atoms with van der Waals surface area (Å²) >= 11 is 3.16. The Balaban J connectivity index is 2.52. The van der Waals surface area contributed by atoms with Gasteiger partial charge in [-0.2, -0.15) is 0 Å². The third-order valence-electron chi connectivity index (χ3n) is 2.92. The average molecular weight is 326 g/mol. The largest absolute Gasteiger partial charge is 0.306 e. The zero-order valence-corrected chi connectivity index (χ0v) is 12.0. The predicted molar refractivity (Wildman–Crippen MR) is 76.0 cm³/mol. The Morgan fingerprint density at radius 1 is 1.05 bits per heavy atom. The second-order valence-corrected chi connectivity index (χ2v) is 5.01. The van der Waals surface area contributed by atoms with Crippen LogP contribution in [-0.2, 0) is 0 Å². The van der Waals surface area contributed by atoms with E-state index in [4.69, 9.17) is 0 Å². The van der Waals surface area contributed by atoms with E-state index in [2.05, 4.69) is 21.2 Å². The lowest BCUT2D eigenvalue weighted by atomic mass is 9.97. The second kappa shape index (κ2) is 6.26. The molecule has 0 amide bonds. The van der Waals surface area contributed by atoms with Crippen LogP contribution in [0.25, 0.3) is 0 Å². The highest BCUT2D eigenvalue weighted by Gasteiger charge is 2.20. The fourth-order valence-electron chi connectivity index (χ4n) is 2.04. The molecule has 100 valence electrons. The number of halogens is 3. The first-order chi connectivity index (χ1) is 9.15.